The minimum Gasteiger partial charge on any atom is -0.478 e. The van der Waals surface area contributed by atoms with Crippen LogP contribution in [0.15, 0.2) is 40.9 Å². The number of carbonyl (C=O) groups is 1. The molecule has 2 aromatic heterocycles. The Morgan fingerprint density at radius 3 is 2.84 bits per heavy atom. The third-order valence-corrected chi connectivity index (χ3v) is 3.52. The van der Waals surface area contributed by atoms with Crippen molar-refractivity contribution in [3.63, 3.8) is 0 Å². The lowest BCUT2D eigenvalue weighted by Crippen LogP contribution is -2.23. The molecule has 0 amide bonds. The molecule has 1 aromatic carbocycles. The van der Waals surface area contributed by atoms with Gasteiger partial charge in [0.1, 0.15) is 34.3 Å². The molecular formula is C17H10F2N2O4. The average Bonchev–Trinajstić information content (AvgIpc) is 2.89. The summed E-state index contributed by atoms with van der Waals surface area (Å²) < 4.78 is 38.8. The number of hydrogen-bond acceptors (Lipinski definition) is 5. The zero-order chi connectivity index (χ0) is 18.2. The Labute approximate surface area is 139 Å². The van der Waals surface area contributed by atoms with Crippen molar-refractivity contribution in [1.82, 2.24) is 4.98 Å². The Hall–Kier alpha value is -3.47. The lowest BCUT2D eigenvalue weighted by atomic mass is 10.1. The molecule has 0 unspecified atom stereocenters. The number of pyridine rings is 1. The zero-order valence-electron chi connectivity index (χ0n) is 12.8. The van der Waals surface area contributed by atoms with Crippen LogP contribution in [0, 0.1) is 18.3 Å². The van der Waals surface area contributed by atoms with E-state index in [1.807, 2.05) is 0 Å². The van der Waals surface area contributed by atoms with Crippen LogP contribution in [0.3, 0.4) is 0 Å². The molecule has 0 bridgehead atoms. The van der Waals surface area contributed by atoms with Crippen LogP contribution in [0.4, 0.5) is 8.78 Å². The number of halogens is 2. The Balaban J connectivity index is 2.04. The molecule has 25 heavy (non-hydrogen) atoms. The summed E-state index contributed by atoms with van der Waals surface area (Å²) in [6, 6.07) is 7.61. The normalized spacial score (nSPS) is 11.3. The predicted molar refractivity (Wildman–Crippen MR) is 81.4 cm³/mol. The van der Waals surface area contributed by atoms with E-state index in [9.17, 15) is 18.7 Å². The van der Waals surface area contributed by atoms with Crippen molar-refractivity contribution in [2.24, 2.45) is 0 Å². The maximum atomic E-state index is 14.4. The molecular weight excluding hydrogens is 334 g/mol. The van der Waals surface area contributed by atoms with Crippen LogP contribution in [0.5, 0.6) is 5.75 Å². The van der Waals surface area contributed by atoms with Gasteiger partial charge in [-0.25, -0.2) is 9.78 Å². The van der Waals surface area contributed by atoms with Gasteiger partial charge in [0.15, 0.2) is 5.69 Å². The summed E-state index contributed by atoms with van der Waals surface area (Å²) in [5, 5.41) is 18.3. The van der Waals surface area contributed by atoms with E-state index in [4.69, 9.17) is 14.4 Å². The second-order valence-corrected chi connectivity index (χ2v) is 5.13. The molecule has 8 heteroatoms. The van der Waals surface area contributed by atoms with Gasteiger partial charge in [-0.1, -0.05) is 0 Å². The highest BCUT2D eigenvalue weighted by atomic mass is 19.3. The van der Waals surface area contributed by atoms with Crippen LogP contribution < -0.4 is 4.74 Å². The molecule has 126 valence electrons. The summed E-state index contributed by atoms with van der Waals surface area (Å²) in [5.74, 6) is -1.35. The summed E-state index contributed by atoms with van der Waals surface area (Å²) in [6.07, 6.45) is -2.60. The molecule has 6 nitrogen and oxygen atoms in total. The standard InChI is InChI=1S/C17H10F2N2O4/c1-9-15(16(22)23)11-7-10(4-5-14(11)24-9)25-17(18,19)12-3-2-6-21-13(12)8-20/h2-7H,1H3,(H,22,23). The molecule has 0 radical (unpaired) electrons. The average molecular weight is 344 g/mol. The van der Waals surface area contributed by atoms with Gasteiger partial charge in [-0.3, -0.25) is 0 Å². The maximum Gasteiger partial charge on any atom is 0.429 e. The summed E-state index contributed by atoms with van der Waals surface area (Å²) in [6.45, 7) is 1.47. The lowest BCUT2D eigenvalue weighted by Gasteiger charge is -2.18. The van der Waals surface area contributed by atoms with Crippen molar-refractivity contribution < 1.29 is 27.8 Å². The first-order valence-electron chi connectivity index (χ1n) is 7.02. The molecule has 1 N–H and O–H groups in total. The lowest BCUT2D eigenvalue weighted by molar-refractivity contribution is -0.185. The van der Waals surface area contributed by atoms with Gasteiger partial charge in [-0.05, 0) is 37.3 Å². The topological polar surface area (TPSA) is 96.4 Å². The van der Waals surface area contributed by atoms with Gasteiger partial charge in [0.2, 0.25) is 0 Å². The van der Waals surface area contributed by atoms with Crippen LogP contribution in [0.1, 0.15) is 27.4 Å². The molecule has 0 fully saturated rings. The maximum absolute atomic E-state index is 14.4. The number of nitrogens with zero attached hydrogens (tertiary/aromatic N) is 2. The van der Waals surface area contributed by atoms with E-state index >= 15 is 0 Å². The monoisotopic (exact) mass is 344 g/mol. The molecule has 3 aromatic rings. The number of alkyl halides is 2. The quantitative estimate of drug-likeness (QED) is 0.772. The van der Waals surface area contributed by atoms with Crippen molar-refractivity contribution in [1.29, 1.82) is 5.26 Å². The Morgan fingerprint density at radius 2 is 2.16 bits per heavy atom. The fraction of sp³-hybridized carbons (Fsp3) is 0.118. The fourth-order valence-electron chi connectivity index (χ4n) is 2.46. The van der Waals surface area contributed by atoms with E-state index in [2.05, 4.69) is 4.98 Å². The van der Waals surface area contributed by atoms with Gasteiger partial charge in [0, 0.05) is 11.6 Å². The molecule has 0 atom stereocenters. The molecule has 0 aliphatic carbocycles. The molecule has 0 saturated heterocycles. The van der Waals surface area contributed by atoms with E-state index in [-0.39, 0.29) is 28.0 Å². The number of aromatic carboxylic acids is 1. The second-order valence-electron chi connectivity index (χ2n) is 5.13. The minimum absolute atomic E-state index is 0.122. The third-order valence-electron chi connectivity index (χ3n) is 3.52. The van der Waals surface area contributed by atoms with Crippen molar-refractivity contribution in [2.75, 3.05) is 0 Å². The van der Waals surface area contributed by atoms with Gasteiger partial charge in [0.25, 0.3) is 0 Å². The van der Waals surface area contributed by atoms with Gasteiger partial charge in [-0.15, -0.1) is 0 Å². The first-order valence-corrected chi connectivity index (χ1v) is 7.02. The number of fused-ring (bicyclic) bond motifs is 1. The number of benzene rings is 1. The van der Waals surface area contributed by atoms with Crippen molar-refractivity contribution in [3.8, 4) is 11.8 Å². The van der Waals surface area contributed by atoms with E-state index in [0.29, 0.717) is 0 Å². The number of furan rings is 1. The zero-order valence-corrected chi connectivity index (χ0v) is 12.8. The van der Waals surface area contributed by atoms with E-state index < -0.39 is 23.3 Å². The molecule has 0 aliphatic heterocycles. The first kappa shape index (κ1) is 16.4. The van der Waals surface area contributed by atoms with Gasteiger partial charge in [0.05, 0.1) is 0 Å². The summed E-state index contributed by atoms with van der Waals surface area (Å²) in [5.41, 5.74) is -1.02. The second kappa shape index (κ2) is 5.87. The van der Waals surface area contributed by atoms with Gasteiger partial charge >= 0.3 is 12.1 Å². The fourth-order valence-corrected chi connectivity index (χ4v) is 2.46. The number of nitriles is 1. The molecule has 2 heterocycles. The smallest absolute Gasteiger partial charge is 0.429 e. The van der Waals surface area contributed by atoms with Gasteiger partial charge < -0.3 is 14.3 Å². The molecule has 0 saturated carbocycles. The van der Waals surface area contributed by atoms with Crippen LogP contribution in [0.2, 0.25) is 0 Å². The van der Waals surface area contributed by atoms with Crippen molar-refractivity contribution >= 4 is 16.9 Å². The number of aromatic nitrogens is 1. The predicted octanol–water partition coefficient (Wildman–Crippen LogP) is 3.83. The van der Waals surface area contributed by atoms with E-state index in [0.717, 1.165) is 12.1 Å². The largest absolute Gasteiger partial charge is 0.478 e. The number of ether oxygens (including phenoxy) is 1. The Morgan fingerprint density at radius 1 is 1.40 bits per heavy atom. The highest BCUT2D eigenvalue weighted by Crippen LogP contribution is 2.35. The molecule has 3 rings (SSSR count). The van der Waals surface area contributed by atoms with Crippen LogP contribution >= 0.6 is 0 Å². The van der Waals surface area contributed by atoms with E-state index in [1.54, 1.807) is 6.07 Å². The Kier molecular flexibility index (Phi) is 3.85. The molecule has 0 spiro atoms. The first-order chi connectivity index (χ1) is 11.8. The van der Waals surface area contributed by atoms with E-state index in [1.165, 1.54) is 31.3 Å². The summed E-state index contributed by atoms with van der Waals surface area (Å²) in [4.78, 5) is 14.9. The SMILES string of the molecule is Cc1oc2ccc(OC(F)(F)c3cccnc3C#N)cc2c1C(=O)O. The highest BCUT2D eigenvalue weighted by Gasteiger charge is 2.38. The minimum atomic E-state index is -3.82. The molecule has 0 aliphatic rings. The number of carboxylic acids is 1. The summed E-state index contributed by atoms with van der Waals surface area (Å²) >= 11 is 0. The van der Waals surface area contributed by atoms with Crippen molar-refractivity contribution in [3.05, 3.63) is 59.1 Å². The number of hydrogen-bond donors (Lipinski definition) is 1. The van der Waals surface area contributed by atoms with Crippen LogP contribution in [0.25, 0.3) is 11.0 Å². The summed E-state index contributed by atoms with van der Waals surface area (Å²) in [7, 11) is 0. The number of rotatable bonds is 4. The van der Waals surface area contributed by atoms with Crippen molar-refractivity contribution in [2.45, 2.75) is 13.0 Å². The highest BCUT2D eigenvalue weighted by molar-refractivity contribution is 6.03. The van der Waals surface area contributed by atoms with Crippen LogP contribution in [-0.2, 0) is 6.11 Å². The van der Waals surface area contributed by atoms with Gasteiger partial charge in [-0.2, -0.15) is 14.0 Å². The number of carboxylic acid groups (broad SMARTS) is 1. The third kappa shape index (κ3) is 2.87. The van der Waals surface area contributed by atoms with Crippen LogP contribution in [-0.4, -0.2) is 16.1 Å². The number of aryl methyl sites for hydroxylation is 1. The Bertz CT molecular complexity index is 1020.